The maximum absolute atomic E-state index is 4.49. The Morgan fingerprint density at radius 3 is 2.95 bits per heavy atom. The number of hydrogen-bond acceptors (Lipinski definition) is 6. The van der Waals surface area contributed by atoms with Crippen LogP contribution >= 0.6 is 22.7 Å². The number of nitrogens with one attached hydrogen (secondary N) is 1. The van der Waals surface area contributed by atoms with Crippen LogP contribution in [-0.4, -0.2) is 40.1 Å². The minimum Gasteiger partial charge on any atom is -0.358 e. The summed E-state index contributed by atoms with van der Waals surface area (Å²) in [6.07, 6.45) is 1.94. The smallest absolute Gasteiger partial charge is 0.214 e. The van der Waals surface area contributed by atoms with Crippen molar-refractivity contribution in [3.63, 3.8) is 0 Å². The van der Waals surface area contributed by atoms with Crippen molar-refractivity contribution in [3.05, 3.63) is 34.3 Å². The number of anilines is 1. The SMILES string of the molecule is Cc1cn2nc(NC[C@H](c3cccs3)N(C)C)sc2n1. The van der Waals surface area contributed by atoms with Gasteiger partial charge < -0.3 is 10.2 Å². The van der Waals surface area contributed by atoms with Crippen molar-refractivity contribution < 1.29 is 0 Å². The fraction of sp³-hybridized carbons (Fsp3) is 0.385. The Labute approximate surface area is 125 Å². The first-order valence-corrected chi connectivity index (χ1v) is 8.09. The van der Waals surface area contributed by atoms with E-state index in [0.717, 1.165) is 22.3 Å². The molecule has 0 unspecified atom stereocenters. The quantitative estimate of drug-likeness (QED) is 0.787. The van der Waals surface area contributed by atoms with E-state index in [1.807, 2.05) is 17.6 Å². The van der Waals surface area contributed by atoms with Gasteiger partial charge in [-0.1, -0.05) is 17.4 Å². The number of fused-ring (bicyclic) bond motifs is 1. The predicted molar refractivity (Wildman–Crippen MR) is 84.8 cm³/mol. The highest BCUT2D eigenvalue weighted by atomic mass is 32.1. The Balaban J connectivity index is 1.72. The summed E-state index contributed by atoms with van der Waals surface area (Å²) < 4.78 is 1.83. The van der Waals surface area contributed by atoms with E-state index in [-0.39, 0.29) is 0 Å². The first-order chi connectivity index (χ1) is 9.63. The van der Waals surface area contributed by atoms with Gasteiger partial charge in [0, 0.05) is 11.4 Å². The van der Waals surface area contributed by atoms with E-state index in [9.17, 15) is 0 Å². The molecule has 0 saturated heterocycles. The summed E-state index contributed by atoms with van der Waals surface area (Å²) in [5.41, 5.74) is 1.00. The van der Waals surface area contributed by atoms with Crippen LogP contribution < -0.4 is 5.32 Å². The van der Waals surface area contributed by atoms with E-state index in [1.165, 1.54) is 4.88 Å². The molecule has 0 amide bonds. The summed E-state index contributed by atoms with van der Waals surface area (Å²) in [4.78, 5) is 8.93. The monoisotopic (exact) mass is 307 g/mol. The van der Waals surface area contributed by atoms with E-state index < -0.39 is 0 Å². The zero-order valence-corrected chi connectivity index (χ0v) is 13.3. The third-order valence-electron chi connectivity index (χ3n) is 3.11. The van der Waals surface area contributed by atoms with Gasteiger partial charge in [0.1, 0.15) is 0 Å². The third-order valence-corrected chi connectivity index (χ3v) is 4.96. The summed E-state index contributed by atoms with van der Waals surface area (Å²) in [7, 11) is 4.20. The van der Waals surface area contributed by atoms with Crippen LogP contribution in [0.4, 0.5) is 5.13 Å². The van der Waals surface area contributed by atoms with Crippen LogP contribution in [0.2, 0.25) is 0 Å². The van der Waals surface area contributed by atoms with Gasteiger partial charge in [0.15, 0.2) is 0 Å². The standard InChI is InChI=1S/C13H17N5S2/c1-9-8-18-13(15-9)20-12(16-18)14-7-10(17(2)3)11-5-4-6-19-11/h4-6,8,10H,7H2,1-3H3,(H,14,16)/t10-/m1/s1. The van der Waals surface area contributed by atoms with Gasteiger partial charge >= 0.3 is 0 Å². The van der Waals surface area contributed by atoms with Gasteiger partial charge in [0.2, 0.25) is 10.1 Å². The van der Waals surface area contributed by atoms with Crippen LogP contribution in [0.5, 0.6) is 0 Å². The lowest BCUT2D eigenvalue weighted by molar-refractivity contribution is 0.316. The van der Waals surface area contributed by atoms with E-state index in [2.05, 4.69) is 51.9 Å². The lowest BCUT2D eigenvalue weighted by atomic mass is 10.2. The summed E-state index contributed by atoms with van der Waals surface area (Å²) in [6, 6.07) is 4.62. The van der Waals surface area contributed by atoms with Crippen LogP contribution in [-0.2, 0) is 0 Å². The maximum Gasteiger partial charge on any atom is 0.214 e. The number of hydrogen-bond donors (Lipinski definition) is 1. The molecule has 3 heterocycles. The van der Waals surface area contributed by atoms with Crippen molar-refractivity contribution in [2.24, 2.45) is 0 Å². The molecule has 3 aromatic heterocycles. The van der Waals surface area contributed by atoms with Crippen molar-refractivity contribution in [2.75, 3.05) is 26.0 Å². The van der Waals surface area contributed by atoms with Crippen LogP contribution in [0.25, 0.3) is 4.96 Å². The average molecular weight is 307 g/mol. The molecule has 0 fully saturated rings. The van der Waals surface area contributed by atoms with Crippen molar-refractivity contribution in [1.29, 1.82) is 0 Å². The Morgan fingerprint density at radius 1 is 1.45 bits per heavy atom. The number of imidazole rings is 1. The normalized spacial score (nSPS) is 13.2. The van der Waals surface area contributed by atoms with Crippen LogP contribution in [0.15, 0.2) is 23.7 Å². The molecule has 0 aliphatic rings. The first-order valence-electron chi connectivity index (χ1n) is 6.40. The highest BCUT2D eigenvalue weighted by Gasteiger charge is 2.16. The zero-order valence-electron chi connectivity index (χ0n) is 11.7. The molecule has 0 spiro atoms. The highest BCUT2D eigenvalue weighted by Crippen LogP contribution is 2.25. The van der Waals surface area contributed by atoms with Gasteiger partial charge in [0.05, 0.1) is 17.9 Å². The van der Waals surface area contributed by atoms with Gasteiger partial charge in [-0.3, -0.25) is 0 Å². The molecule has 0 aromatic carbocycles. The molecule has 0 saturated carbocycles. The number of likely N-dealkylation sites (N-methyl/N-ethyl adjacent to an activating group) is 1. The fourth-order valence-corrected chi connectivity index (χ4v) is 3.84. The van der Waals surface area contributed by atoms with Crippen molar-refractivity contribution in [3.8, 4) is 0 Å². The summed E-state index contributed by atoms with van der Waals surface area (Å²) in [5.74, 6) is 0. The topological polar surface area (TPSA) is 45.5 Å². The second kappa shape index (κ2) is 5.51. The Bertz CT molecular complexity index is 651. The Kier molecular flexibility index (Phi) is 3.73. The number of nitrogens with zero attached hydrogens (tertiary/aromatic N) is 4. The molecule has 3 aromatic rings. The van der Waals surface area contributed by atoms with Gasteiger partial charge in [-0.25, -0.2) is 9.50 Å². The summed E-state index contributed by atoms with van der Waals surface area (Å²) in [5, 5.41) is 10.9. The average Bonchev–Trinajstić information content (AvgIpc) is 3.05. The van der Waals surface area contributed by atoms with E-state index >= 15 is 0 Å². The first kappa shape index (κ1) is 13.5. The van der Waals surface area contributed by atoms with Gasteiger partial charge in [-0.15, -0.1) is 16.4 Å². The number of rotatable bonds is 5. The van der Waals surface area contributed by atoms with E-state index in [4.69, 9.17) is 0 Å². The van der Waals surface area contributed by atoms with Gasteiger partial charge in [-0.2, -0.15) is 0 Å². The minimum atomic E-state index is 0.355. The van der Waals surface area contributed by atoms with Crippen molar-refractivity contribution >= 4 is 32.8 Å². The molecule has 3 rings (SSSR count). The molecule has 1 atom stereocenters. The molecular weight excluding hydrogens is 290 g/mol. The van der Waals surface area contributed by atoms with Crippen molar-refractivity contribution in [2.45, 2.75) is 13.0 Å². The predicted octanol–water partition coefficient (Wildman–Crippen LogP) is 2.88. The molecule has 106 valence electrons. The zero-order chi connectivity index (χ0) is 14.1. The van der Waals surface area contributed by atoms with Crippen LogP contribution in [0.3, 0.4) is 0 Å². The second-order valence-corrected chi connectivity index (χ2v) is 6.83. The molecule has 7 heteroatoms. The van der Waals surface area contributed by atoms with E-state index in [0.29, 0.717) is 6.04 Å². The van der Waals surface area contributed by atoms with Gasteiger partial charge in [-0.05, 0) is 32.5 Å². The fourth-order valence-electron chi connectivity index (χ4n) is 2.08. The summed E-state index contributed by atoms with van der Waals surface area (Å²) >= 11 is 3.37. The summed E-state index contributed by atoms with van der Waals surface area (Å²) in [6.45, 7) is 2.82. The molecule has 0 bridgehead atoms. The highest BCUT2D eigenvalue weighted by molar-refractivity contribution is 7.20. The number of aryl methyl sites for hydroxylation is 1. The molecule has 1 N–H and O–H groups in total. The molecule has 0 aliphatic carbocycles. The Hall–Kier alpha value is -1.44. The lowest BCUT2D eigenvalue weighted by Crippen LogP contribution is -2.26. The third kappa shape index (κ3) is 2.70. The number of aromatic nitrogens is 3. The van der Waals surface area contributed by atoms with E-state index in [1.54, 1.807) is 22.7 Å². The number of thiophene rings is 1. The largest absolute Gasteiger partial charge is 0.358 e. The molecule has 5 nitrogen and oxygen atoms in total. The Morgan fingerprint density at radius 2 is 2.30 bits per heavy atom. The molecule has 0 radical (unpaired) electrons. The minimum absolute atomic E-state index is 0.355. The molecular formula is C13H17N5S2. The lowest BCUT2D eigenvalue weighted by Gasteiger charge is -2.23. The molecule has 0 aliphatic heterocycles. The second-order valence-electron chi connectivity index (χ2n) is 4.89. The van der Waals surface area contributed by atoms with Gasteiger partial charge in [0.25, 0.3) is 0 Å². The van der Waals surface area contributed by atoms with Crippen LogP contribution in [0, 0.1) is 6.92 Å². The van der Waals surface area contributed by atoms with Crippen LogP contribution in [0.1, 0.15) is 16.6 Å². The maximum atomic E-state index is 4.49. The van der Waals surface area contributed by atoms with Crippen molar-refractivity contribution in [1.82, 2.24) is 19.5 Å². The molecule has 20 heavy (non-hydrogen) atoms.